The summed E-state index contributed by atoms with van der Waals surface area (Å²) in [6.45, 7) is 5.43. The summed E-state index contributed by atoms with van der Waals surface area (Å²) in [5.41, 5.74) is 0. The van der Waals surface area contributed by atoms with Gasteiger partial charge in [-0.2, -0.15) is 0 Å². The van der Waals surface area contributed by atoms with Crippen molar-refractivity contribution in [2.75, 3.05) is 20.2 Å². The van der Waals surface area contributed by atoms with Crippen LogP contribution in [0, 0.1) is 5.92 Å². The second kappa shape index (κ2) is 3.90. The summed E-state index contributed by atoms with van der Waals surface area (Å²) in [6.07, 6.45) is 1.28. The molecule has 1 rings (SSSR count). The second-order valence-corrected chi connectivity index (χ2v) is 3.51. The molecule has 0 aliphatic carbocycles. The Bertz CT molecular complexity index is 170. The summed E-state index contributed by atoms with van der Waals surface area (Å²) in [4.78, 5) is 12.9. The first-order chi connectivity index (χ1) is 5.65. The predicted molar refractivity (Wildman–Crippen MR) is 46.8 cm³/mol. The van der Waals surface area contributed by atoms with Crippen molar-refractivity contribution in [2.24, 2.45) is 5.92 Å². The Labute approximate surface area is 73.7 Å². The number of nitrogens with zero attached hydrogens (tertiary/aromatic N) is 1. The van der Waals surface area contributed by atoms with Crippen molar-refractivity contribution < 1.29 is 9.53 Å². The van der Waals surface area contributed by atoms with Crippen LogP contribution in [-0.2, 0) is 9.53 Å². The summed E-state index contributed by atoms with van der Waals surface area (Å²) in [5.74, 6) is 0.731. The molecule has 0 spiro atoms. The minimum Gasteiger partial charge on any atom is -0.379 e. The predicted octanol–water partition coefficient (Wildman–Crippen LogP) is 0.890. The van der Waals surface area contributed by atoms with Gasteiger partial charge in [-0.25, -0.2) is 0 Å². The molecule has 3 heteroatoms. The van der Waals surface area contributed by atoms with Gasteiger partial charge in [0.1, 0.15) is 0 Å². The highest BCUT2D eigenvalue weighted by atomic mass is 16.5. The van der Waals surface area contributed by atoms with Gasteiger partial charge in [0.15, 0.2) is 0 Å². The first-order valence-corrected chi connectivity index (χ1v) is 4.43. The van der Waals surface area contributed by atoms with Gasteiger partial charge in [0.2, 0.25) is 5.91 Å². The normalized spacial score (nSPS) is 30.4. The van der Waals surface area contributed by atoms with Crippen molar-refractivity contribution in [1.29, 1.82) is 0 Å². The van der Waals surface area contributed by atoms with Crippen LogP contribution in [0.5, 0.6) is 0 Å². The second-order valence-electron chi connectivity index (χ2n) is 3.51. The zero-order valence-corrected chi connectivity index (χ0v) is 8.04. The Morgan fingerprint density at radius 3 is 2.75 bits per heavy atom. The third-order valence-corrected chi connectivity index (χ3v) is 2.64. The van der Waals surface area contributed by atoms with Crippen LogP contribution in [0.25, 0.3) is 0 Å². The number of amides is 1. The Morgan fingerprint density at radius 2 is 2.25 bits per heavy atom. The van der Waals surface area contributed by atoms with Gasteiger partial charge in [-0.1, -0.05) is 6.92 Å². The van der Waals surface area contributed by atoms with Crippen LogP contribution in [0.2, 0.25) is 0 Å². The van der Waals surface area contributed by atoms with E-state index >= 15 is 0 Å². The Hall–Kier alpha value is -0.570. The zero-order chi connectivity index (χ0) is 9.14. The fraction of sp³-hybridized carbons (Fsp3) is 0.889. The molecular weight excluding hydrogens is 154 g/mol. The average Bonchev–Trinajstić information content (AvgIpc) is 2.05. The van der Waals surface area contributed by atoms with Crippen molar-refractivity contribution in [2.45, 2.75) is 26.4 Å². The highest BCUT2D eigenvalue weighted by Crippen LogP contribution is 2.19. The van der Waals surface area contributed by atoms with Crippen LogP contribution < -0.4 is 0 Å². The maximum Gasteiger partial charge on any atom is 0.219 e. The number of piperidine rings is 1. The maximum absolute atomic E-state index is 11.0. The fourth-order valence-corrected chi connectivity index (χ4v) is 1.63. The van der Waals surface area contributed by atoms with Gasteiger partial charge < -0.3 is 9.64 Å². The van der Waals surface area contributed by atoms with Crippen molar-refractivity contribution in [3.05, 3.63) is 0 Å². The third kappa shape index (κ3) is 1.97. The number of hydrogen-bond donors (Lipinski definition) is 0. The molecule has 3 nitrogen and oxygen atoms in total. The molecule has 1 saturated heterocycles. The van der Waals surface area contributed by atoms with E-state index in [1.807, 2.05) is 4.90 Å². The van der Waals surface area contributed by atoms with Crippen LogP contribution in [0.1, 0.15) is 20.3 Å². The number of rotatable bonds is 1. The highest BCUT2D eigenvalue weighted by molar-refractivity contribution is 5.73. The standard InChI is InChI=1S/C9H17NO2/c1-7-4-5-10(8(2)11)6-9(7)12-3/h7,9H,4-6H2,1-3H3. The van der Waals surface area contributed by atoms with Gasteiger partial charge in [-0.3, -0.25) is 4.79 Å². The molecule has 1 heterocycles. The van der Waals surface area contributed by atoms with E-state index < -0.39 is 0 Å². The van der Waals surface area contributed by atoms with Crippen molar-refractivity contribution in [1.82, 2.24) is 4.90 Å². The lowest BCUT2D eigenvalue weighted by Gasteiger charge is -2.35. The van der Waals surface area contributed by atoms with Crippen LogP contribution in [-0.4, -0.2) is 37.1 Å². The van der Waals surface area contributed by atoms with E-state index in [2.05, 4.69) is 6.92 Å². The monoisotopic (exact) mass is 171 g/mol. The molecule has 70 valence electrons. The Kier molecular flexibility index (Phi) is 3.09. The Balaban J connectivity index is 2.49. The highest BCUT2D eigenvalue weighted by Gasteiger charge is 2.26. The van der Waals surface area contributed by atoms with E-state index in [-0.39, 0.29) is 12.0 Å². The minimum absolute atomic E-state index is 0.156. The molecule has 0 N–H and O–H groups in total. The number of carbonyl (C=O) groups is 1. The summed E-state index contributed by atoms with van der Waals surface area (Å²) >= 11 is 0. The lowest BCUT2D eigenvalue weighted by molar-refractivity contribution is -0.133. The van der Waals surface area contributed by atoms with Gasteiger partial charge in [-0.05, 0) is 12.3 Å². The number of likely N-dealkylation sites (tertiary alicyclic amines) is 1. The third-order valence-electron chi connectivity index (χ3n) is 2.64. The van der Waals surface area contributed by atoms with E-state index in [1.54, 1.807) is 14.0 Å². The van der Waals surface area contributed by atoms with E-state index in [0.29, 0.717) is 5.92 Å². The molecule has 0 radical (unpaired) electrons. The largest absolute Gasteiger partial charge is 0.379 e. The van der Waals surface area contributed by atoms with Gasteiger partial charge in [0.25, 0.3) is 0 Å². The molecule has 12 heavy (non-hydrogen) atoms. The van der Waals surface area contributed by atoms with Gasteiger partial charge in [0, 0.05) is 27.1 Å². The topological polar surface area (TPSA) is 29.5 Å². The van der Waals surface area contributed by atoms with Crippen molar-refractivity contribution in [3.8, 4) is 0 Å². The van der Waals surface area contributed by atoms with Gasteiger partial charge in [0.05, 0.1) is 6.10 Å². The SMILES string of the molecule is COC1CN(C(C)=O)CCC1C. The molecule has 1 fully saturated rings. The van der Waals surface area contributed by atoms with Gasteiger partial charge in [-0.15, -0.1) is 0 Å². The molecule has 0 aromatic carbocycles. The fourth-order valence-electron chi connectivity index (χ4n) is 1.63. The van der Waals surface area contributed by atoms with E-state index in [4.69, 9.17) is 4.74 Å². The summed E-state index contributed by atoms with van der Waals surface area (Å²) < 4.78 is 5.29. The number of ether oxygens (including phenoxy) is 1. The lowest BCUT2D eigenvalue weighted by Crippen LogP contribution is -2.45. The molecule has 0 aromatic heterocycles. The maximum atomic E-state index is 11.0. The molecule has 2 unspecified atom stereocenters. The smallest absolute Gasteiger partial charge is 0.219 e. The minimum atomic E-state index is 0.156. The lowest BCUT2D eigenvalue weighted by atomic mass is 9.96. The average molecular weight is 171 g/mol. The van der Waals surface area contributed by atoms with E-state index in [0.717, 1.165) is 19.5 Å². The van der Waals surface area contributed by atoms with Crippen molar-refractivity contribution in [3.63, 3.8) is 0 Å². The zero-order valence-electron chi connectivity index (χ0n) is 8.04. The molecular formula is C9H17NO2. The first kappa shape index (κ1) is 9.52. The van der Waals surface area contributed by atoms with Crippen LogP contribution >= 0.6 is 0 Å². The van der Waals surface area contributed by atoms with Crippen LogP contribution in [0.15, 0.2) is 0 Å². The molecule has 2 atom stereocenters. The molecule has 0 saturated carbocycles. The number of hydrogen-bond acceptors (Lipinski definition) is 2. The Morgan fingerprint density at radius 1 is 1.58 bits per heavy atom. The first-order valence-electron chi connectivity index (χ1n) is 4.43. The van der Waals surface area contributed by atoms with E-state index in [9.17, 15) is 4.79 Å². The van der Waals surface area contributed by atoms with Crippen LogP contribution in [0.3, 0.4) is 0 Å². The summed E-state index contributed by atoms with van der Waals surface area (Å²) in [6, 6.07) is 0. The quantitative estimate of drug-likeness (QED) is 0.586. The van der Waals surface area contributed by atoms with Crippen LogP contribution in [0.4, 0.5) is 0 Å². The summed E-state index contributed by atoms with van der Waals surface area (Å²) in [5, 5.41) is 0. The number of carbonyl (C=O) groups excluding carboxylic acids is 1. The van der Waals surface area contributed by atoms with E-state index in [1.165, 1.54) is 0 Å². The molecule has 0 aromatic rings. The number of methoxy groups -OCH3 is 1. The molecule has 1 aliphatic rings. The molecule has 0 bridgehead atoms. The van der Waals surface area contributed by atoms with Crippen molar-refractivity contribution >= 4 is 5.91 Å². The molecule has 1 aliphatic heterocycles. The molecule has 1 amide bonds. The van der Waals surface area contributed by atoms with Gasteiger partial charge >= 0.3 is 0 Å². The summed E-state index contributed by atoms with van der Waals surface area (Å²) in [7, 11) is 1.71.